The molecular weight excluding hydrogens is 563 g/mol. The van der Waals surface area contributed by atoms with E-state index in [0.717, 1.165) is 11.3 Å². The van der Waals surface area contributed by atoms with Gasteiger partial charge in [0.1, 0.15) is 11.9 Å². The van der Waals surface area contributed by atoms with Gasteiger partial charge in [-0.15, -0.1) is 11.3 Å². The van der Waals surface area contributed by atoms with Crippen molar-refractivity contribution < 1.29 is 27.1 Å². The first kappa shape index (κ1) is 28.7. The average molecular weight is 589 g/mol. The number of carbonyl (C=O) groups excluding carboxylic acids is 1. The second kappa shape index (κ2) is 12.7. The number of thiazole rings is 1. The van der Waals surface area contributed by atoms with Gasteiger partial charge in [0.2, 0.25) is 0 Å². The van der Waals surface area contributed by atoms with Crippen LogP contribution in [0.3, 0.4) is 0 Å². The minimum absolute atomic E-state index is 0.0460. The number of halogens is 2. The minimum atomic E-state index is -3.94. The third-order valence-electron chi connectivity index (χ3n) is 5.96. The highest BCUT2D eigenvalue weighted by Gasteiger charge is 2.27. The topological polar surface area (TPSA) is 94.6 Å². The Morgan fingerprint density at radius 1 is 1.05 bits per heavy atom. The van der Waals surface area contributed by atoms with Crippen LogP contribution in [0.25, 0.3) is 0 Å². The van der Waals surface area contributed by atoms with Crippen molar-refractivity contribution in [1.82, 2.24) is 4.98 Å². The van der Waals surface area contributed by atoms with Crippen molar-refractivity contribution in [3.8, 4) is 0 Å². The number of hydrogen-bond donors (Lipinski definition) is 1. The van der Waals surface area contributed by atoms with Crippen molar-refractivity contribution in [2.45, 2.75) is 36.9 Å². The smallest absolute Gasteiger partial charge is 0.340 e. The van der Waals surface area contributed by atoms with Gasteiger partial charge in [0, 0.05) is 30.4 Å². The number of hydrogen-bond acceptors (Lipinski definition) is 7. The normalized spacial score (nSPS) is 13.0. The molecule has 0 radical (unpaired) electrons. The molecule has 0 saturated heterocycles. The molecule has 1 aromatic heterocycles. The van der Waals surface area contributed by atoms with Crippen LogP contribution in [0.4, 0.5) is 9.52 Å². The van der Waals surface area contributed by atoms with E-state index in [2.05, 4.69) is 9.71 Å². The molecule has 0 unspecified atom stereocenters. The highest BCUT2D eigenvalue weighted by molar-refractivity contribution is 7.93. The van der Waals surface area contributed by atoms with Crippen LogP contribution in [0.5, 0.6) is 0 Å². The van der Waals surface area contributed by atoms with Gasteiger partial charge in [-0.05, 0) is 41.8 Å². The highest BCUT2D eigenvalue weighted by Crippen LogP contribution is 2.27. The zero-order valence-corrected chi connectivity index (χ0v) is 23.5. The maximum atomic E-state index is 14.5. The van der Waals surface area contributed by atoms with Crippen molar-refractivity contribution >= 4 is 44.1 Å². The fourth-order valence-electron chi connectivity index (χ4n) is 4.02. The monoisotopic (exact) mass is 588 g/mol. The molecule has 204 valence electrons. The van der Waals surface area contributed by atoms with Crippen LogP contribution in [-0.2, 0) is 37.1 Å². The molecule has 4 aromatic rings. The third kappa shape index (κ3) is 7.21. The first-order valence-electron chi connectivity index (χ1n) is 11.9. The lowest BCUT2D eigenvalue weighted by Crippen LogP contribution is -2.28. The Balaban J connectivity index is 1.54. The molecule has 11 heteroatoms. The molecule has 0 fully saturated rings. The number of nitrogens with one attached hydrogen (secondary N) is 1. The van der Waals surface area contributed by atoms with Gasteiger partial charge in [-0.25, -0.2) is 22.6 Å². The Kier molecular flexibility index (Phi) is 9.34. The van der Waals surface area contributed by atoms with Gasteiger partial charge in [0.05, 0.1) is 10.6 Å². The molecular formula is C28H26ClFN2O5S2. The molecule has 0 aliphatic heterocycles. The number of ether oxygens (including phenoxy) is 2. The number of nitrogens with zero attached hydrogens (tertiary/aromatic N) is 1. The molecule has 1 heterocycles. The van der Waals surface area contributed by atoms with Crippen molar-refractivity contribution in [3.63, 3.8) is 0 Å². The van der Waals surface area contributed by atoms with E-state index in [1.807, 2.05) is 6.07 Å². The zero-order chi connectivity index (χ0) is 28.0. The van der Waals surface area contributed by atoms with E-state index < -0.39 is 34.0 Å². The van der Waals surface area contributed by atoms with Gasteiger partial charge in [0.25, 0.3) is 10.0 Å². The summed E-state index contributed by atoms with van der Waals surface area (Å²) in [6, 6.07) is 19.8. The van der Waals surface area contributed by atoms with E-state index in [0.29, 0.717) is 27.4 Å². The molecule has 39 heavy (non-hydrogen) atoms. The van der Waals surface area contributed by atoms with Gasteiger partial charge in [-0.3, -0.25) is 4.72 Å². The van der Waals surface area contributed by atoms with E-state index in [1.165, 1.54) is 19.2 Å². The molecule has 0 aliphatic rings. The number of benzene rings is 3. The standard InChI is InChI=1S/C28H26ClFN2O5S2/c1-18-23(29)12-8-14-25(18)39(34,35)32-28-31-21(17-38-28)16-22(15-20-11-6-7-13-24(20)30)37-27(33)26(36-2)19-9-4-3-5-10-19/h3-14,17,22,26H,15-16H2,1-2H3,(H,31,32)/t22-,26+/m0/s1. The highest BCUT2D eigenvalue weighted by atomic mass is 35.5. The Morgan fingerprint density at radius 2 is 1.77 bits per heavy atom. The molecule has 3 aromatic carbocycles. The largest absolute Gasteiger partial charge is 0.459 e. The molecule has 0 saturated carbocycles. The van der Waals surface area contributed by atoms with Crippen molar-refractivity contribution in [3.05, 3.63) is 111 Å². The van der Waals surface area contributed by atoms with Gasteiger partial charge >= 0.3 is 5.97 Å². The summed E-state index contributed by atoms with van der Waals surface area (Å²) >= 11 is 7.18. The fraction of sp³-hybridized carbons (Fsp3) is 0.214. The number of sulfonamides is 1. The number of carbonyl (C=O) groups is 1. The lowest BCUT2D eigenvalue weighted by Gasteiger charge is -2.21. The summed E-state index contributed by atoms with van der Waals surface area (Å²) in [4.78, 5) is 17.5. The van der Waals surface area contributed by atoms with Crippen molar-refractivity contribution in [2.75, 3.05) is 11.8 Å². The predicted octanol–water partition coefficient (Wildman–Crippen LogP) is 6.13. The fourth-order valence-corrected chi connectivity index (χ4v) is 6.49. The van der Waals surface area contributed by atoms with Crippen LogP contribution in [0, 0.1) is 12.7 Å². The summed E-state index contributed by atoms with van der Waals surface area (Å²) in [5, 5.41) is 2.13. The van der Waals surface area contributed by atoms with Crippen LogP contribution < -0.4 is 4.72 Å². The van der Waals surface area contributed by atoms with Gasteiger partial charge in [-0.1, -0.05) is 66.2 Å². The Bertz CT molecular complexity index is 1550. The average Bonchev–Trinajstić information content (AvgIpc) is 3.33. The van der Waals surface area contributed by atoms with E-state index in [9.17, 15) is 17.6 Å². The molecule has 0 amide bonds. The van der Waals surface area contributed by atoms with E-state index in [1.54, 1.807) is 66.9 Å². The number of rotatable bonds is 11. The zero-order valence-electron chi connectivity index (χ0n) is 21.1. The lowest BCUT2D eigenvalue weighted by atomic mass is 10.0. The van der Waals surface area contributed by atoms with Crippen LogP contribution in [0.2, 0.25) is 5.02 Å². The van der Waals surface area contributed by atoms with Gasteiger partial charge in [-0.2, -0.15) is 0 Å². The SMILES string of the molecule is CO[C@@H](C(=O)O[C@H](Cc1csc(NS(=O)(=O)c2cccc(Cl)c2C)n1)Cc1ccccc1F)c1ccccc1. The lowest BCUT2D eigenvalue weighted by molar-refractivity contribution is -0.161. The minimum Gasteiger partial charge on any atom is -0.459 e. The van der Waals surface area contributed by atoms with Crippen LogP contribution in [0.1, 0.15) is 28.5 Å². The molecule has 4 rings (SSSR count). The molecule has 0 aliphatic carbocycles. The molecule has 7 nitrogen and oxygen atoms in total. The maximum Gasteiger partial charge on any atom is 0.340 e. The maximum absolute atomic E-state index is 14.5. The number of methoxy groups -OCH3 is 1. The Labute approximate surface area is 235 Å². The Morgan fingerprint density at radius 3 is 2.49 bits per heavy atom. The quantitative estimate of drug-likeness (QED) is 0.212. The van der Waals surface area contributed by atoms with Crippen molar-refractivity contribution in [1.29, 1.82) is 0 Å². The van der Waals surface area contributed by atoms with Crippen LogP contribution in [0.15, 0.2) is 83.1 Å². The third-order valence-corrected chi connectivity index (χ3v) is 8.79. The van der Waals surface area contributed by atoms with Gasteiger partial charge < -0.3 is 9.47 Å². The van der Waals surface area contributed by atoms with Crippen molar-refractivity contribution in [2.24, 2.45) is 0 Å². The second-order valence-corrected chi connectivity index (χ2v) is 11.6. The summed E-state index contributed by atoms with van der Waals surface area (Å²) in [5.74, 6) is -1.05. The molecule has 0 spiro atoms. The summed E-state index contributed by atoms with van der Waals surface area (Å²) in [7, 11) is -2.53. The first-order chi connectivity index (χ1) is 18.7. The van der Waals surface area contributed by atoms with E-state index in [4.69, 9.17) is 21.1 Å². The Hall–Kier alpha value is -3.31. The van der Waals surface area contributed by atoms with E-state index in [-0.39, 0.29) is 22.9 Å². The summed E-state index contributed by atoms with van der Waals surface area (Å²) < 4.78 is 54.0. The summed E-state index contributed by atoms with van der Waals surface area (Å²) in [5.41, 5.74) is 1.89. The predicted molar refractivity (Wildman–Crippen MR) is 149 cm³/mol. The number of aromatic nitrogens is 1. The van der Waals surface area contributed by atoms with Crippen LogP contribution in [-0.4, -0.2) is 32.6 Å². The summed E-state index contributed by atoms with van der Waals surface area (Å²) in [6.45, 7) is 1.62. The molecule has 2 atom stereocenters. The molecule has 1 N–H and O–H groups in total. The first-order valence-corrected chi connectivity index (χ1v) is 14.7. The van der Waals surface area contributed by atoms with E-state index >= 15 is 0 Å². The van der Waals surface area contributed by atoms with Gasteiger partial charge in [0.15, 0.2) is 11.2 Å². The summed E-state index contributed by atoms with van der Waals surface area (Å²) in [6.07, 6.45) is -1.55. The van der Waals surface area contributed by atoms with Crippen LogP contribution >= 0.6 is 22.9 Å². The number of esters is 1. The second-order valence-electron chi connectivity index (χ2n) is 8.70. The molecule has 0 bridgehead atoms. The number of anilines is 1.